The molecule has 1 aliphatic rings. The van der Waals surface area contributed by atoms with Gasteiger partial charge in [0.2, 0.25) is 0 Å². The molecule has 0 spiro atoms. The molecule has 0 fully saturated rings. The minimum absolute atomic E-state index is 0.217. The van der Waals surface area contributed by atoms with Crippen LogP contribution in [0.15, 0.2) is 46.8 Å². The first-order valence-corrected chi connectivity index (χ1v) is 9.15. The van der Waals surface area contributed by atoms with E-state index < -0.39 is 29.6 Å². The van der Waals surface area contributed by atoms with E-state index in [1.54, 1.807) is 11.9 Å². The van der Waals surface area contributed by atoms with Crippen molar-refractivity contribution in [2.45, 2.75) is 38.8 Å². The smallest absolute Gasteiger partial charge is 0.416 e. The molecular formula is C21H24F3NO4. The fourth-order valence-corrected chi connectivity index (χ4v) is 3.75. The van der Waals surface area contributed by atoms with Crippen LogP contribution in [0.25, 0.3) is 0 Å². The van der Waals surface area contributed by atoms with Crippen LogP contribution in [-0.4, -0.2) is 38.1 Å². The Morgan fingerprint density at radius 2 is 1.34 bits per heavy atom. The van der Waals surface area contributed by atoms with Gasteiger partial charge in [-0.3, -0.25) is 0 Å². The number of ether oxygens (including phenoxy) is 2. The molecule has 1 heterocycles. The summed E-state index contributed by atoms with van der Waals surface area (Å²) < 4.78 is 48.9. The van der Waals surface area contributed by atoms with E-state index in [0.29, 0.717) is 29.8 Å². The van der Waals surface area contributed by atoms with E-state index in [0.717, 1.165) is 12.1 Å². The summed E-state index contributed by atoms with van der Waals surface area (Å²) in [5, 5.41) is 0. The zero-order valence-corrected chi connectivity index (χ0v) is 17.0. The van der Waals surface area contributed by atoms with Gasteiger partial charge in [-0.05, 0) is 30.5 Å². The van der Waals surface area contributed by atoms with Crippen LogP contribution < -0.4 is 0 Å². The van der Waals surface area contributed by atoms with Crippen molar-refractivity contribution < 1.29 is 32.2 Å². The van der Waals surface area contributed by atoms with Crippen LogP contribution >= 0.6 is 0 Å². The molecule has 5 nitrogen and oxygen atoms in total. The van der Waals surface area contributed by atoms with Gasteiger partial charge in [0, 0.05) is 18.4 Å². The van der Waals surface area contributed by atoms with Crippen molar-refractivity contribution in [3.05, 3.63) is 57.9 Å². The summed E-state index contributed by atoms with van der Waals surface area (Å²) in [5.74, 6) is -2.18. The van der Waals surface area contributed by atoms with Crippen molar-refractivity contribution >= 4 is 11.9 Å². The van der Waals surface area contributed by atoms with Crippen LogP contribution in [0, 0.1) is 0 Å². The van der Waals surface area contributed by atoms with Gasteiger partial charge in [0.1, 0.15) is 0 Å². The molecule has 0 atom stereocenters. The standard InChI is InChI=1S/C21H24F3NO4/c1-6-14-17(19(26)28-4)16(12-8-10-13(11-9-12)21(22,23)24)18(20(27)29-5)15(7-2)25(14)3/h8-11,16H,6-7H2,1-5H3. The molecule has 0 saturated heterocycles. The molecule has 2 rings (SSSR count). The molecular weight excluding hydrogens is 387 g/mol. The maximum atomic E-state index is 13.0. The highest BCUT2D eigenvalue weighted by Gasteiger charge is 2.41. The second kappa shape index (κ2) is 8.71. The van der Waals surface area contributed by atoms with Gasteiger partial charge < -0.3 is 14.4 Å². The summed E-state index contributed by atoms with van der Waals surface area (Å²) in [6.07, 6.45) is -3.55. The van der Waals surface area contributed by atoms with Gasteiger partial charge in [-0.1, -0.05) is 26.0 Å². The zero-order chi connectivity index (χ0) is 21.9. The van der Waals surface area contributed by atoms with Gasteiger partial charge in [-0.25, -0.2) is 9.59 Å². The normalized spacial score (nSPS) is 15.7. The number of allylic oxidation sites excluding steroid dienone is 2. The minimum Gasteiger partial charge on any atom is -0.466 e. The van der Waals surface area contributed by atoms with Gasteiger partial charge >= 0.3 is 18.1 Å². The summed E-state index contributed by atoms with van der Waals surface area (Å²) in [6.45, 7) is 3.71. The third kappa shape index (κ3) is 4.16. The Labute approximate surface area is 167 Å². The molecule has 0 aromatic heterocycles. The van der Waals surface area contributed by atoms with Crippen LogP contribution in [0.3, 0.4) is 0 Å². The highest BCUT2D eigenvalue weighted by molar-refractivity contribution is 5.99. The number of carbonyl (C=O) groups excluding carboxylic acids is 2. The molecule has 158 valence electrons. The van der Waals surface area contributed by atoms with Crippen LogP contribution in [0.1, 0.15) is 43.7 Å². The van der Waals surface area contributed by atoms with Crippen LogP contribution in [0.2, 0.25) is 0 Å². The molecule has 0 unspecified atom stereocenters. The van der Waals surface area contributed by atoms with Crippen molar-refractivity contribution in [1.29, 1.82) is 0 Å². The maximum absolute atomic E-state index is 13.0. The fraction of sp³-hybridized carbons (Fsp3) is 0.429. The van der Waals surface area contributed by atoms with Gasteiger partial charge in [0.05, 0.1) is 36.8 Å². The Balaban J connectivity index is 2.80. The quantitative estimate of drug-likeness (QED) is 0.672. The number of hydrogen-bond acceptors (Lipinski definition) is 5. The molecule has 29 heavy (non-hydrogen) atoms. The van der Waals surface area contributed by atoms with Gasteiger partial charge in [0.15, 0.2) is 0 Å². The predicted molar refractivity (Wildman–Crippen MR) is 101 cm³/mol. The van der Waals surface area contributed by atoms with E-state index in [1.165, 1.54) is 26.4 Å². The number of halogens is 3. The number of alkyl halides is 3. The Hall–Kier alpha value is -2.77. The second-order valence-corrected chi connectivity index (χ2v) is 6.52. The van der Waals surface area contributed by atoms with Crippen LogP contribution in [0.5, 0.6) is 0 Å². The topological polar surface area (TPSA) is 55.8 Å². The van der Waals surface area contributed by atoms with E-state index >= 15 is 0 Å². The summed E-state index contributed by atoms with van der Waals surface area (Å²) in [5.41, 5.74) is 1.29. The molecule has 0 aliphatic carbocycles. The average Bonchev–Trinajstić information content (AvgIpc) is 2.70. The van der Waals surface area contributed by atoms with Gasteiger partial charge in [-0.2, -0.15) is 13.2 Å². The lowest BCUT2D eigenvalue weighted by atomic mass is 9.78. The first-order valence-electron chi connectivity index (χ1n) is 9.15. The van der Waals surface area contributed by atoms with E-state index in [1.807, 2.05) is 13.8 Å². The fourth-order valence-electron chi connectivity index (χ4n) is 3.75. The Morgan fingerprint density at radius 1 is 0.931 bits per heavy atom. The SMILES string of the molecule is CCC1=C(C(=O)OC)C(c2ccc(C(F)(F)F)cc2)C(C(=O)OC)=C(CC)N1C. The van der Waals surface area contributed by atoms with Crippen LogP contribution in [0.4, 0.5) is 13.2 Å². The molecule has 0 amide bonds. The van der Waals surface area contributed by atoms with Crippen molar-refractivity contribution in [1.82, 2.24) is 4.90 Å². The number of benzene rings is 1. The Kier molecular flexibility index (Phi) is 6.77. The second-order valence-electron chi connectivity index (χ2n) is 6.52. The third-order valence-electron chi connectivity index (χ3n) is 5.06. The first kappa shape index (κ1) is 22.5. The lowest BCUT2D eigenvalue weighted by molar-refractivity contribution is -0.138. The lowest BCUT2D eigenvalue weighted by Crippen LogP contribution is -2.34. The van der Waals surface area contributed by atoms with E-state index in [9.17, 15) is 22.8 Å². The predicted octanol–water partition coefficient (Wildman–Crippen LogP) is 4.41. The number of nitrogens with zero attached hydrogens (tertiary/aromatic N) is 1. The average molecular weight is 411 g/mol. The summed E-state index contributed by atoms with van der Waals surface area (Å²) in [7, 11) is 4.19. The molecule has 0 N–H and O–H groups in total. The molecule has 0 saturated carbocycles. The number of rotatable bonds is 5. The highest BCUT2D eigenvalue weighted by atomic mass is 19.4. The maximum Gasteiger partial charge on any atom is 0.416 e. The number of hydrogen-bond donors (Lipinski definition) is 0. The van der Waals surface area contributed by atoms with E-state index in [-0.39, 0.29) is 11.1 Å². The minimum atomic E-state index is -4.49. The van der Waals surface area contributed by atoms with Crippen molar-refractivity contribution in [3.63, 3.8) is 0 Å². The first-order chi connectivity index (χ1) is 13.6. The lowest BCUT2D eigenvalue weighted by Gasteiger charge is -2.37. The number of carbonyl (C=O) groups is 2. The Morgan fingerprint density at radius 3 is 1.66 bits per heavy atom. The summed E-state index contributed by atoms with van der Waals surface area (Å²) in [4.78, 5) is 27.1. The third-order valence-corrected chi connectivity index (χ3v) is 5.06. The summed E-state index contributed by atoms with van der Waals surface area (Å²) >= 11 is 0. The van der Waals surface area contributed by atoms with E-state index in [2.05, 4.69) is 0 Å². The molecule has 1 aliphatic heterocycles. The highest BCUT2D eigenvalue weighted by Crippen LogP contribution is 2.44. The van der Waals surface area contributed by atoms with Gasteiger partial charge in [-0.15, -0.1) is 0 Å². The summed E-state index contributed by atoms with van der Waals surface area (Å²) in [6, 6.07) is 4.44. The largest absolute Gasteiger partial charge is 0.466 e. The van der Waals surface area contributed by atoms with Crippen molar-refractivity contribution in [3.8, 4) is 0 Å². The number of methoxy groups -OCH3 is 2. The number of esters is 2. The monoisotopic (exact) mass is 411 g/mol. The molecule has 0 radical (unpaired) electrons. The molecule has 8 heteroatoms. The molecule has 1 aromatic carbocycles. The van der Waals surface area contributed by atoms with Crippen molar-refractivity contribution in [2.75, 3.05) is 21.3 Å². The molecule has 1 aromatic rings. The Bertz CT molecular complexity index is 812. The zero-order valence-electron chi connectivity index (χ0n) is 17.0. The van der Waals surface area contributed by atoms with Gasteiger partial charge in [0.25, 0.3) is 0 Å². The van der Waals surface area contributed by atoms with E-state index in [4.69, 9.17) is 9.47 Å². The van der Waals surface area contributed by atoms with Crippen molar-refractivity contribution in [2.24, 2.45) is 0 Å². The van der Waals surface area contributed by atoms with Crippen LogP contribution in [-0.2, 0) is 25.2 Å². The molecule has 0 bridgehead atoms.